The van der Waals surface area contributed by atoms with E-state index in [2.05, 4.69) is 20.9 Å². The summed E-state index contributed by atoms with van der Waals surface area (Å²) in [6, 6.07) is 7.32. The normalized spacial score (nSPS) is 12.4. The van der Waals surface area contributed by atoms with Crippen molar-refractivity contribution in [2.75, 3.05) is 0 Å². The van der Waals surface area contributed by atoms with Crippen molar-refractivity contribution >= 4 is 39.1 Å². The van der Waals surface area contributed by atoms with Crippen LogP contribution < -0.4 is 5.73 Å². The predicted molar refractivity (Wildman–Crippen MR) is 79.0 cm³/mol. The van der Waals surface area contributed by atoms with Crippen molar-refractivity contribution < 1.29 is 0 Å². The number of nitrogens with zero attached hydrogens (tertiary/aromatic N) is 1. The number of hydrogen-bond donors (Lipinski definition) is 1. The van der Waals surface area contributed by atoms with Gasteiger partial charge in [-0.3, -0.25) is 4.98 Å². The molecule has 2 aromatic rings. The quantitative estimate of drug-likeness (QED) is 0.895. The van der Waals surface area contributed by atoms with Crippen molar-refractivity contribution in [3.63, 3.8) is 0 Å². The van der Waals surface area contributed by atoms with Gasteiger partial charge in [0, 0.05) is 27.9 Å². The lowest BCUT2D eigenvalue weighted by atomic mass is 10.0. The lowest BCUT2D eigenvalue weighted by Crippen LogP contribution is -2.14. The molecule has 18 heavy (non-hydrogen) atoms. The second-order valence-electron chi connectivity index (χ2n) is 3.94. The molecule has 5 heteroatoms. The van der Waals surface area contributed by atoms with Gasteiger partial charge in [-0.1, -0.05) is 39.1 Å². The maximum absolute atomic E-state index is 6.18. The van der Waals surface area contributed by atoms with Crippen LogP contribution in [0.2, 0.25) is 10.0 Å². The summed E-state index contributed by atoms with van der Waals surface area (Å²) in [4.78, 5) is 3.95. The Hall–Kier alpha value is -0.610. The van der Waals surface area contributed by atoms with Gasteiger partial charge >= 0.3 is 0 Å². The molecule has 94 valence electrons. The summed E-state index contributed by atoms with van der Waals surface area (Å²) in [7, 11) is 0. The van der Waals surface area contributed by atoms with E-state index in [0.29, 0.717) is 16.5 Å². The van der Waals surface area contributed by atoms with Crippen LogP contribution in [-0.4, -0.2) is 4.98 Å². The SMILES string of the molecule is NC(Cc1ccncc1Cl)c1cc(Br)ccc1Cl. The van der Waals surface area contributed by atoms with Gasteiger partial charge in [0.1, 0.15) is 0 Å². The zero-order valence-electron chi connectivity index (χ0n) is 9.41. The van der Waals surface area contributed by atoms with Gasteiger partial charge in [0.25, 0.3) is 0 Å². The summed E-state index contributed by atoms with van der Waals surface area (Å²) in [5.74, 6) is 0. The molecule has 2 N–H and O–H groups in total. The second-order valence-corrected chi connectivity index (χ2v) is 5.67. The smallest absolute Gasteiger partial charge is 0.0622 e. The van der Waals surface area contributed by atoms with E-state index in [1.54, 1.807) is 12.4 Å². The van der Waals surface area contributed by atoms with Crippen molar-refractivity contribution in [3.8, 4) is 0 Å². The molecule has 2 nitrogen and oxygen atoms in total. The Morgan fingerprint density at radius 2 is 2.00 bits per heavy atom. The van der Waals surface area contributed by atoms with E-state index in [0.717, 1.165) is 15.6 Å². The average Bonchev–Trinajstić information content (AvgIpc) is 2.35. The van der Waals surface area contributed by atoms with E-state index < -0.39 is 0 Å². The van der Waals surface area contributed by atoms with E-state index in [1.807, 2.05) is 24.3 Å². The van der Waals surface area contributed by atoms with Crippen LogP contribution in [0.5, 0.6) is 0 Å². The van der Waals surface area contributed by atoms with Gasteiger partial charge in [-0.25, -0.2) is 0 Å². The Morgan fingerprint density at radius 1 is 1.22 bits per heavy atom. The first kappa shape index (κ1) is 13.8. The molecule has 2 rings (SSSR count). The third-order valence-electron chi connectivity index (χ3n) is 2.65. The van der Waals surface area contributed by atoms with Crippen LogP contribution >= 0.6 is 39.1 Å². The molecule has 1 aromatic heterocycles. The molecule has 0 fully saturated rings. The molecule has 0 aliphatic heterocycles. The lowest BCUT2D eigenvalue weighted by Gasteiger charge is -2.15. The molecule has 0 saturated carbocycles. The first-order valence-electron chi connectivity index (χ1n) is 5.37. The van der Waals surface area contributed by atoms with E-state index >= 15 is 0 Å². The molecule has 0 saturated heterocycles. The average molecular weight is 346 g/mol. The van der Waals surface area contributed by atoms with Gasteiger partial charge in [0.05, 0.1) is 5.02 Å². The first-order chi connectivity index (χ1) is 8.58. The molecule has 0 radical (unpaired) electrons. The van der Waals surface area contributed by atoms with Gasteiger partial charge < -0.3 is 5.73 Å². The number of rotatable bonds is 3. The lowest BCUT2D eigenvalue weighted by molar-refractivity contribution is 0.721. The summed E-state index contributed by atoms with van der Waals surface area (Å²) in [6.07, 6.45) is 3.94. The van der Waals surface area contributed by atoms with E-state index in [4.69, 9.17) is 28.9 Å². The van der Waals surface area contributed by atoms with Gasteiger partial charge in [-0.15, -0.1) is 0 Å². The molecule has 0 bridgehead atoms. The summed E-state index contributed by atoms with van der Waals surface area (Å²) in [5.41, 5.74) is 8.05. The van der Waals surface area contributed by atoms with Gasteiger partial charge in [0.15, 0.2) is 0 Å². The molecular formula is C13H11BrCl2N2. The minimum absolute atomic E-state index is 0.199. The maximum Gasteiger partial charge on any atom is 0.0622 e. The minimum Gasteiger partial charge on any atom is -0.324 e. The first-order valence-corrected chi connectivity index (χ1v) is 6.91. The highest BCUT2D eigenvalue weighted by molar-refractivity contribution is 9.10. The fraction of sp³-hybridized carbons (Fsp3) is 0.154. The van der Waals surface area contributed by atoms with Gasteiger partial charge in [0.2, 0.25) is 0 Å². The fourth-order valence-electron chi connectivity index (χ4n) is 1.72. The number of hydrogen-bond acceptors (Lipinski definition) is 2. The van der Waals surface area contributed by atoms with E-state index in [-0.39, 0.29) is 6.04 Å². The van der Waals surface area contributed by atoms with Crippen LogP contribution in [0.3, 0.4) is 0 Å². The number of halogens is 3. The summed E-state index contributed by atoms with van der Waals surface area (Å²) >= 11 is 15.6. The minimum atomic E-state index is -0.199. The molecule has 0 spiro atoms. The maximum atomic E-state index is 6.18. The zero-order chi connectivity index (χ0) is 13.1. The molecular weight excluding hydrogens is 335 g/mol. The highest BCUT2D eigenvalue weighted by atomic mass is 79.9. The molecule has 0 aliphatic carbocycles. The predicted octanol–water partition coefficient (Wildman–Crippen LogP) is 4.39. The van der Waals surface area contributed by atoms with Crippen molar-refractivity contribution in [3.05, 3.63) is 62.3 Å². The fourth-order valence-corrected chi connectivity index (χ4v) is 2.55. The van der Waals surface area contributed by atoms with Crippen LogP contribution in [0, 0.1) is 0 Å². The number of nitrogens with two attached hydrogens (primary N) is 1. The molecule has 1 unspecified atom stereocenters. The van der Waals surface area contributed by atoms with E-state index in [1.165, 1.54) is 0 Å². The standard InChI is InChI=1S/C13H11BrCl2N2/c14-9-1-2-11(15)10(6-9)13(17)5-8-3-4-18-7-12(8)16/h1-4,6-7,13H,5,17H2. The van der Waals surface area contributed by atoms with Crippen LogP contribution in [0.25, 0.3) is 0 Å². The Kier molecular flexibility index (Phi) is 4.62. The highest BCUT2D eigenvalue weighted by Gasteiger charge is 2.13. The Bertz CT molecular complexity index is 560. The summed E-state index contributed by atoms with van der Waals surface area (Å²) < 4.78 is 0.957. The van der Waals surface area contributed by atoms with Crippen molar-refractivity contribution in [1.82, 2.24) is 4.98 Å². The van der Waals surface area contributed by atoms with Gasteiger partial charge in [-0.2, -0.15) is 0 Å². The molecule has 1 heterocycles. The Morgan fingerprint density at radius 3 is 2.72 bits per heavy atom. The van der Waals surface area contributed by atoms with Gasteiger partial charge in [-0.05, 0) is 41.8 Å². The number of pyridine rings is 1. The van der Waals surface area contributed by atoms with Crippen molar-refractivity contribution in [1.29, 1.82) is 0 Å². The Labute approximate surface area is 124 Å². The molecule has 1 atom stereocenters. The third kappa shape index (κ3) is 3.23. The third-order valence-corrected chi connectivity index (χ3v) is 3.83. The van der Waals surface area contributed by atoms with Crippen molar-refractivity contribution in [2.45, 2.75) is 12.5 Å². The topological polar surface area (TPSA) is 38.9 Å². The largest absolute Gasteiger partial charge is 0.324 e. The Balaban J connectivity index is 2.25. The van der Waals surface area contributed by atoms with Crippen LogP contribution in [0.4, 0.5) is 0 Å². The zero-order valence-corrected chi connectivity index (χ0v) is 12.5. The van der Waals surface area contributed by atoms with Crippen molar-refractivity contribution in [2.24, 2.45) is 5.73 Å². The summed E-state index contributed by atoms with van der Waals surface area (Å²) in [6.45, 7) is 0. The van der Waals surface area contributed by atoms with Crippen LogP contribution in [0.1, 0.15) is 17.2 Å². The highest BCUT2D eigenvalue weighted by Crippen LogP contribution is 2.28. The molecule has 1 aromatic carbocycles. The number of aromatic nitrogens is 1. The number of benzene rings is 1. The van der Waals surface area contributed by atoms with Crippen LogP contribution in [0.15, 0.2) is 41.1 Å². The second kappa shape index (κ2) is 6.02. The van der Waals surface area contributed by atoms with Crippen LogP contribution in [-0.2, 0) is 6.42 Å². The van der Waals surface area contributed by atoms with E-state index in [9.17, 15) is 0 Å². The molecule has 0 aliphatic rings. The summed E-state index contributed by atoms with van der Waals surface area (Å²) in [5, 5.41) is 1.29. The molecule has 0 amide bonds. The monoisotopic (exact) mass is 344 g/mol.